The fourth-order valence-electron chi connectivity index (χ4n) is 2.06. The number of nitrogens with zero attached hydrogens (tertiary/aromatic N) is 2. The third-order valence-corrected chi connectivity index (χ3v) is 5.37. The summed E-state index contributed by atoms with van der Waals surface area (Å²) in [6.07, 6.45) is 6.05. The first-order valence-corrected chi connectivity index (χ1v) is 9.80. The van der Waals surface area contributed by atoms with E-state index in [0.717, 1.165) is 31.9 Å². The summed E-state index contributed by atoms with van der Waals surface area (Å²) in [7, 11) is 1.80. The van der Waals surface area contributed by atoms with Crippen molar-refractivity contribution in [1.29, 1.82) is 0 Å². The van der Waals surface area contributed by atoms with Gasteiger partial charge >= 0.3 is 0 Å². The molecular weight excluding hydrogens is 324 g/mol. The quantitative estimate of drug-likeness (QED) is 0.458. The molecular formula is C17H24N4S2. The molecule has 1 aromatic carbocycles. The highest BCUT2D eigenvalue weighted by Gasteiger charge is 2.02. The lowest BCUT2D eigenvalue weighted by Crippen LogP contribution is -2.37. The van der Waals surface area contributed by atoms with Gasteiger partial charge in [0.1, 0.15) is 0 Å². The zero-order chi connectivity index (χ0) is 16.5. The van der Waals surface area contributed by atoms with E-state index in [-0.39, 0.29) is 0 Å². The summed E-state index contributed by atoms with van der Waals surface area (Å²) in [5, 5.41) is 7.86. The Kier molecular flexibility index (Phi) is 7.42. The molecule has 0 aliphatic heterocycles. The number of aromatic nitrogens is 1. The first-order chi connectivity index (χ1) is 11.2. The Labute approximate surface area is 146 Å². The maximum atomic E-state index is 4.44. The molecule has 0 unspecified atom stereocenters. The van der Waals surface area contributed by atoms with Gasteiger partial charge in [0.2, 0.25) is 0 Å². The molecule has 0 aliphatic carbocycles. The standard InChI is InChI=1S/C17H24N4S2/c1-4-14-12-20-16(23-14)9-10-19-17(18-2)21-11-13-5-7-15(22-3)8-6-13/h5-8,12H,4,9-11H2,1-3H3,(H2,18,19,21). The maximum Gasteiger partial charge on any atom is 0.191 e. The van der Waals surface area contributed by atoms with Gasteiger partial charge in [-0.15, -0.1) is 23.1 Å². The Bertz CT molecular complexity index is 620. The molecule has 0 atom stereocenters. The summed E-state index contributed by atoms with van der Waals surface area (Å²) in [6, 6.07) is 8.58. The number of rotatable bonds is 7. The summed E-state index contributed by atoms with van der Waals surface area (Å²) in [6.45, 7) is 3.76. The highest BCUT2D eigenvalue weighted by Crippen LogP contribution is 2.15. The van der Waals surface area contributed by atoms with Crippen LogP contribution in [0.1, 0.15) is 22.4 Å². The summed E-state index contributed by atoms with van der Waals surface area (Å²) in [5.41, 5.74) is 1.25. The lowest BCUT2D eigenvalue weighted by Gasteiger charge is -2.11. The van der Waals surface area contributed by atoms with E-state index >= 15 is 0 Å². The molecule has 0 saturated heterocycles. The molecule has 4 nitrogen and oxygen atoms in total. The van der Waals surface area contributed by atoms with E-state index in [4.69, 9.17) is 0 Å². The van der Waals surface area contributed by atoms with Gasteiger partial charge in [0.05, 0.1) is 5.01 Å². The molecule has 6 heteroatoms. The zero-order valence-electron chi connectivity index (χ0n) is 13.9. The third-order valence-electron chi connectivity index (χ3n) is 3.42. The van der Waals surface area contributed by atoms with Gasteiger partial charge in [0, 0.05) is 42.5 Å². The molecule has 0 amide bonds. The first kappa shape index (κ1) is 17.8. The number of aliphatic imine (C=N–C) groups is 1. The smallest absolute Gasteiger partial charge is 0.191 e. The van der Waals surface area contributed by atoms with Crippen LogP contribution in [0.5, 0.6) is 0 Å². The first-order valence-electron chi connectivity index (χ1n) is 7.76. The van der Waals surface area contributed by atoms with Gasteiger partial charge in [0.15, 0.2) is 5.96 Å². The molecule has 0 spiro atoms. The van der Waals surface area contributed by atoms with Gasteiger partial charge < -0.3 is 10.6 Å². The molecule has 2 rings (SSSR count). The summed E-state index contributed by atoms with van der Waals surface area (Å²) >= 11 is 3.55. The summed E-state index contributed by atoms with van der Waals surface area (Å²) in [5.74, 6) is 0.825. The van der Waals surface area contributed by atoms with Gasteiger partial charge in [-0.3, -0.25) is 4.99 Å². The molecule has 0 aliphatic rings. The zero-order valence-corrected chi connectivity index (χ0v) is 15.6. The van der Waals surface area contributed by atoms with Crippen LogP contribution in [0.3, 0.4) is 0 Å². The number of nitrogens with one attached hydrogen (secondary N) is 2. The average molecular weight is 349 g/mol. The van der Waals surface area contributed by atoms with Gasteiger partial charge in [-0.25, -0.2) is 4.98 Å². The van der Waals surface area contributed by atoms with E-state index < -0.39 is 0 Å². The van der Waals surface area contributed by atoms with Crippen molar-refractivity contribution in [3.05, 3.63) is 45.9 Å². The Balaban J connectivity index is 1.74. The van der Waals surface area contributed by atoms with Crippen LogP contribution in [0.15, 0.2) is 40.4 Å². The molecule has 1 heterocycles. The monoisotopic (exact) mass is 348 g/mol. The number of thioether (sulfide) groups is 1. The fraction of sp³-hybridized carbons (Fsp3) is 0.412. The average Bonchev–Trinajstić information content (AvgIpc) is 3.06. The number of aryl methyl sites for hydroxylation is 1. The van der Waals surface area contributed by atoms with Gasteiger partial charge in [-0.05, 0) is 30.4 Å². The third kappa shape index (κ3) is 5.88. The second-order valence-electron chi connectivity index (χ2n) is 5.02. The predicted molar refractivity (Wildman–Crippen MR) is 102 cm³/mol. The molecule has 0 saturated carbocycles. The minimum atomic E-state index is 0.769. The Morgan fingerprint density at radius 2 is 2.04 bits per heavy atom. The second-order valence-corrected chi connectivity index (χ2v) is 7.10. The van der Waals surface area contributed by atoms with Crippen LogP contribution in [0.25, 0.3) is 0 Å². The number of thiazole rings is 1. The van der Waals surface area contributed by atoms with E-state index in [1.165, 1.54) is 20.3 Å². The van der Waals surface area contributed by atoms with Crippen molar-refractivity contribution >= 4 is 29.1 Å². The summed E-state index contributed by atoms with van der Waals surface area (Å²) < 4.78 is 0. The van der Waals surface area contributed by atoms with Gasteiger partial charge in [-0.2, -0.15) is 0 Å². The lowest BCUT2D eigenvalue weighted by molar-refractivity contribution is 0.791. The van der Waals surface area contributed by atoms with Crippen molar-refractivity contribution in [1.82, 2.24) is 15.6 Å². The Morgan fingerprint density at radius 1 is 1.26 bits per heavy atom. The Hall–Kier alpha value is -1.53. The fourth-order valence-corrected chi connectivity index (χ4v) is 3.33. The van der Waals surface area contributed by atoms with Crippen LogP contribution in [0.2, 0.25) is 0 Å². The van der Waals surface area contributed by atoms with Gasteiger partial charge in [0.25, 0.3) is 0 Å². The van der Waals surface area contributed by atoms with Crippen LogP contribution >= 0.6 is 23.1 Å². The predicted octanol–water partition coefficient (Wildman–Crippen LogP) is 3.34. The van der Waals surface area contributed by atoms with Crippen molar-refractivity contribution in [3.8, 4) is 0 Å². The molecule has 23 heavy (non-hydrogen) atoms. The number of hydrogen-bond acceptors (Lipinski definition) is 4. The minimum Gasteiger partial charge on any atom is -0.356 e. The number of hydrogen-bond donors (Lipinski definition) is 2. The van der Waals surface area contributed by atoms with Crippen molar-refractivity contribution in [3.63, 3.8) is 0 Å². The van der Waals surface area contributed by atoms with Crippen molar-refractivity contribution in [2.45, 2.75) is 31.2 Å². The van der Waals surface area contributed by atoms with E-state index in [1.54, 1.807) is 30.1 Å². The highest BCUT2D eigenvalue weighted by molar-refractivity contribution is 7.98. The van der Waals surface area contributed by atoms with E-state index in [0.29, 0.717) is 0 Å². The largest absolute Gasteiger partial charge is 0.356 e. The molecule has 0 bridgehead atoms. The van der Waals surface area contributed by atoms with Crippen molar-refractivity contribution in [2.24, 2.45) is 4.99 Å². The SMILES string of the molecule is CCc1cnc(CCNC(=NC)NCc2ccc(SC)cc2)s1. The van der Waals surface area contributed by atoms with Gasteiger partial charge in [-0.1, -0.05) is 19.1 Å². The number of benzene rings is 1. The molecule has 0 fully saturated rings. The highest BCUT2D eigenvalue weighted by atomic mass is 32.2. The normalized spacial score (nSPS) is 11.5. The van der Waals surface area contributed by atoms with Crippen LogP contribution in [0.4, 0.5) is 0 Å². The molecule has 124 valence electrons. The topological polar surface area (TPSA) is 49.3 Å². The van der Waals surface area contributed by atoms with Crippen LogP contribution in [-0.4, -0.2) is 30.8 Å². The summed E-state index contributed by atoms with van der Waals surface area (Å²) in [4.78, 5) is 11.3. The second kappa shape index (κ2) is 9.57. The molecule has 0 radical (unpaired) electrons. The Morgan fingerprint density at radius 3 is 2.65 bits per heavy atom. The van der Waals surface area contributed by atoms with Crippen LogP contribution < -0.4 is 10.6 Å². The molecule has 2 aromatic rings. The van der Waals surface area contributed by atoms with Crippen molar-refractivity contribution in [2.75, 3.05) is 19.8 Å². The van der Waals surface area contributed by atoms with E-state index in [1.807, 2.05) is 6.20 Å². The number of guanidine groups is 1. The van der Waals surface area contributed by atoms with Crippen LogP contribution in [0, 0.1) is 0 Å². The minimum absolute atomic E-state index is 0.769. The van der Waals surface area contributed by atoms with Crippen LogP contribution in [-0.2, 0) is 19.4 Å². The molecule has 1 aromatic heterocycles. The lowest BCUT2D eigenvalue weighted by atomic mass is 10.2. The van der Waals surface area contributed by atoms with E-state index in [2.05, 4.69) is 58.1 Å². The maximum absolute atomic E-state index is 4.44. The van der Waals surface area contributed by atoms with E-state index in [9.17, 15) is 0 Å². The molecule has 2 N–H and O–H groups in total. The van der Waals surface area contributed by atoms with Crippen molar-refractivity contribution < 1.29 is 0 Å².